The van der Waals surface area contributed by atoms with Gasteiger partial charge in [0.2, 0.25) is 0 Å². The van der Waals surface area contributed by atoms with Crippen molar-refractivity contribution in [2.24, 2.45) is 7.05 Å². The Morgan fingerprint density at radius 2 is 2.03 bits per heavy atom. The first-order chi connectivity index (χ1) is 14.1. The van der Waals surface area contributed by atoms with Crippen LogP contribution in [-0.2, 0) is 18.2 Å². The lowest BCUT2D eigenvalue weighted by Gasteiger charge is -2.06. The normalized spacial score (nSPS) is 11.0. The van der Waals surface area contributed by atoms with Gasteiger partial charge in [-0.3, -0.25) is 14.5 Å². The van der Waals surface area contributed by atoms with Gasteiger partial charge in [0.25, 0.3) is 0 Å². The molecule has 0 aliphatic heterocycles. The number of hydrogen-bond donors (Lipinski definition) is 0. The molecule has 0 aromatic carbocycles. The van der Waals surface area contributed by atoms with Crippen molar-refractivity contribution in [2.75, 3.05) is 6.61 Å². The number of nitrogens with zero attached hydrogens (tertiary/aromatic N) is 6. The monoisotopic (exact) mass is 390 g/mol. The molecule has 9 heteroatoms. The van der Waals surface area contributed by atoms with Crippen molar-refractivity contribution in [2.45, 2.75) is 13.3 Å². The van der Waals surface area contributed by atoms with E-state index in [-0.39, 0.29) is 30.1 Å². The lowest BCUT2D eigenvalue weighted by atomic mass is 10.1. The molecule has 4 aromatic heterocycles. The van der Waals surface area contributed by atoms with E-state index in [1.165, 1.54) is 10.9 Å². The largest absolute Gasteiger partial charge is 0.462 e. The van der Waals surface area contributed by atoms with Crippen molar-refractivity contribution >= 4 is 17.4 Å². The fraction of sp³-hybridized carbons (Fsp3) is 0.200. The van der Waals surface area contributed by atoms with Crippen LogP contribution in [0.1, 0.15) is 33.3 Å². The van der Waals surface area contributed by atoms with Gasteiger partial charge in [0, 0.05) is 37.6 Å². The molecular formula is C20H18N6O3. The summed E-state index contributed by atoms with van der Waals surface area (Å²) < 4.78 is 8.03. The number of ether oxygens (including phenoxy) is 1. The second-order valence-electron chi connectivity index (χ2n) is 6.37. The molecule has 0 unspecified atom stereocenters. The summed E-state index contributed by atoms with van der Waals surface area (Å²) in [6.07, 6.45) is 6.57. The zero-order chi connectivity index (χ0) is 20.4. The van der Waals surface area contributed by atoms with Crippen LogP contribution in [0.4, 0.5) is 0 Å². The SMILES string of the molecule is CCOC(=O)c1cnn(C)c1C(=O)Cc1ccc2nc(-c3cccnc3)nn2c1. The van der Waals surface area contributed by atoms with Crippen LogP contribution in [0.5, 0.6) is 0 Å². The van der Waals surface area contributed by atoms with Crippen LogP contribution in [0, 0.1) is 0 Å². The van der Waals surface area contributed by atoms with Crippen molar-refractivity contribution in [3.05, 3.63) is 65.9 Å². The minimum Gasteiger partial charge on any atom is -0.462 e. The van der Waals surface area contributed by atoms with E-state index in [9.17, 15) is 9.59 Å². The Bertz CT molecular complexity index is 1200. The maximum Gasteiger partial charge on any atom is 0.342 e. The van der Waals surface area contributed by atoms with Crippen LogP contribution in [0.15, 0.2) is 49.1 Å². The van der Waals surface area contributed by atoms with Gasteiger partial charge in [-0.2, -0.15) is 5.10 Å². The molecular weight excluding hydrogens is 372 g/mol. The van der Waals surface area contributed by atoms with Gasteiger partial charge in [0.1, 0.15) is 11.3 Å². The molecule has 9 nitrogen and oxygen atoms in total. The predicted molar refractivity (Wildman–Crippen MR) is 103 cm³/mol. The average Bonchev–Trinajstić information content (AvgIpc) is 3.32. The van der Waals surface area contributed by atoms with Crippen molar-refractivity contribution in [1.29, 1.82) is 0 Å². The minimum absolute atomic E-state index is 0.0873. The van der Waals surface area contributed by atoms with Gasteiger partial charge >= 0.3 is 5.97 Å². The quantitative estimate of drug-likeness (QED) is 0.367. The summed E-state index contributed by atoms with van der Waals surface area (Å²) in [6.45, 7) is 1.94. The standard InChI is InChI=1S/C20H18N6O3/c1-3-29-20(28)15-11-22-25(2)18(15)16(27)9-13-6-7-17-23-19(24-26(17)12-13)14-5-4-8-21-10-14/h4-8,10-12H,3,9H2,1-2H3. The number of rotatable bonds is 6. The number of pyridine rings is 2. The first-order valence-corrected chi connectivity index (χ1v) is 9.05. The van der Waals surface area contributed by atoms with Crippen molar-refractivity contribution < 1.29 is 14.3 Å². The molecule has 0 N–H and O–H groups in total. The molecule has 146 valence electrons. The summed E-state index contributed by atoms with van der Waals surface area (Å²) in [5.41, 5.74) is 2.59. The van der Waals surface area contributed by atoms with Gasteiger partial charge in [0.05, 0.1) is 12.8 Å². The number of aromatic nitrogens is 6. The van der Waals surface area contributed by atoms with Crippen LogP contribution in [-0.4, -0.2) is 47.7 Å². The van der Waals surface area contributed by atoms with E-state index < -0.39 is 5.97 Å². The molecule has 0 radical (unpaired) electrons. The number of Topliss-reactive ketones (excluding diaryl/α,β-unsaturated/α-hetero) is 1. The van der Waals surface area contributed by atoms with Crippen molar-refractivity contribution in [3.63, 3.8) is 0 Å². The lowest BCUT2D eigenvalue weighted by molar-refractivity contribution is 0.0522. The first kappa shape index (κ1) is 18.5. The number of carbonyl (C=O) groups is 2. The third-order valence-electron chi connectivity index (χ3n) is 4.37. The summed E-state index contributed by atoms with van der Waals surface area (Å²) in [6, 6.07) is 7.31. The van der Waals surface area contributed by atoms with Crippen LogP contribution < -0.4 is 0 Å². The van der Waals surface area contributed by atoms with Gasteiger partial charge in [-0.05, 0) is 30.7 Å². The number of ketones is 1. The highest BCUT2D eigenvalue weighted by Crippen LogP contribution is 2.17. The van der Waals surface area contributed by atoms with Gasteiger partial charge in [-0.25, -0.2) is 14.3 Å². The second-order valence-corrected chi connectivity index (χ2v) is 6.37. The predicted octanol–water partition coefficient (Wildman–Crippen LogP) is 2.13. The van der Waals surface area contributed by atoms with E-state index in [0.29, 0.717) is 11.5 Å². The molecule has 29 heavy (non-hydrogen) atoms. The Hall–Kier alpha value is -3.88. The van der Waals surface area contributed by atoms with Gasteiger partial charge in [0.15, 0.2) is 17.3 Å². The molecule has 4 aromatic rings. The average molecular weight is 390 g/mol. The molecule has 0 aliphatic carbocycles. The van der Waals surface area contributed by atoms with Crippen LogP contribution in [0.25, 0.3) is 17.0 Å². The molecule has 0 fully saturated rings. The molecule has 0 bridgehead atoms. The summed E-state index contributed by atoms with van der Waals surface area (Å²) in [4.78, 5) is 33.5. The third kappa shape index (κ3) is 3.62. The fourth-order valence-electron chi connectivity index (χ4n) is 3.04. The van der Waals surface area contributed by atoms with Crippen LogP contribution in [0.2, 0.25) is 0 Å². The minimum atomic E-state index is -0.559. The third-order valence-corrected chi connectivity index (χ3v) is 4.37. The summed E-state index contributed by atoms with van der Waals surface area (Å²) >= 11 is 0. The van der Waals surface area contributed by atoms with Crippen molar-refractivity contribution in [1.82, 2.24) is 29.4 Å². The van der Waals surface area contributed by atoms with E-state index in [4.69, 9.17) is 4.74 Å². The maximum absolute atomic E-state index is 12.9. The molecule has 4 heterocycles. The Labute approximate surface area is 166 Å². The maximum atomic E-state index is 12.9. The van der Waals surface area contributed by atoms with Gasteiger partial charge < -0.3 is 4.74 Å². The molecule has 0 aliphatic rings. The molecule has 4 rings (SSSR count). The Morgan fingerprint density at radius 1 is 1.17 bits per heavy atom. The summed E-state index contributed by atoms with van der Waals surface area (Å²) in [5.74, 6) is -0.241. The van der Waals surface area contributed by atoms with Crippen LogP contribution in [0.3, 0.4) is 0 Å². The molecule has 0 spiro atoms. The Balaban J connectivity index is 1.61. The number of aryl methyl sites for hydroxylation is 1. The Kier molecular flexibility index (Phi) is 4.86. The fourth-order valence-corrected chi connectivity index (χ4v) is 3.04. The van der Waals surface area contributed by atoms with E-state index in [1.807, 2.05) is 18.2 Å². The zero-order valence-corrected chi connectivity index (χ0v) is 15.9. The highest BCUT2D eigenvalue weighted by molar-refractivity contribution is 6.05. The second kappa shape index (κ2) is 7.63. The molecule has 0 atom stereocenters. The first-order valence-electron chi connectivity index (χ1n) is 9.05. The molecule has 0 saturated carbocycles. The Morgan fingerprint density at radius 3 is 2.79 bits per heavy atom. The van der Waals surface area contributed by atoms with E-state index in [1.54, 1.807) is 43.1 Å². The molecule has 0 amide bonds. The number of carbonyl (C=O) groups excluding carboxylic acids is 2. The number of fused-ring (bicyclic) bond motifs is 1. The van der Waals surface area contributed by atoms with E-state index in [0.717, 1.165) is 11.1 Å². The summed E-state index contributed by atoms with van der Waals surface area (Å²) in [7, 11) is 1.62. The number of esters is 1. The summed E-state index contributed by atoms with van der Waals surface area (Å²) in [5, 5.41) is 8.49. The van der Waals surface area contributed by atoms with Crippen molar-refractivity contribution in [3.8, 4) is 11.4 Å². The van der Waals surface area contributed by atoms with Crippen LogP contribution >= 0.6 is 0 Å². The zero-order valence-electron chi connectivity index (χ0n) is 15.9. The van der Waals surface area contributed by atoms with Gasteiger partial charge in [-0.1, -0.05) is 6.07 Å². The highest BCUT2D eigenvalue weighted by Gasteiger charge is 2.23. The topological polar surface area (TPSA) is 104 Å². The smallest absolute Gasteiger partial charge is 0.342 e. The molecule has 0 saturated heterocycles. The van der Waals surface area contributed by atoms with E-state index in [2.05, 4.69) is 20.2 Å². The highest BCUT2D eigenvalue weighted by atomic mass is 16.5. The van der Waals surface area contributed by atoms with Gasteiger partial charge in [-0.15, -0.1) is 5.10 Å². The number of hydrogen-bond acceptors (Lipinski definition) is 7. The lowest BCUT2D eigenvalue weighted by Crippen LogP contribution is -2.16. The van der Waals surface area contributed by atoms with E-state index >= 15 is 0 Å².